The number of rotatable bonds is 1. The largest absolute Gasteiger partial charge is 0.476 e. The maximum atomic E-state index is 5.29. The molecule has 3 heteroatoms. The van der Waals surface area contributed by atoms with Crippen LogP contribution in [-0.2, 0) is 4.74 Å². The summed E-state index contributed by atoms with van der Waals surface area (Å²) in [7, 11) is 0. The van der Waals surface area contributed by atoms with Gasteiger partial charge in [0.05, 0.1) is 6.54 Å². The predicted molar refractivity (Wildman–Crippen MR) is 51.0 cm³/mol. The van der Waals surface area contributed by atoms with Gasteiger partial charge in [-0.15, -0.1) is 12.4 Å². The highest BCUT2D eigenvalue weighted by Crippen LogP contribution is 2.06. The molecule has 0 atom stereocenters. The fraction of sp³-hybridized carbons (Fsp3) is 0.222. The highest BCUT2D eigenvalue weighted by Gasteiger charge is 2.07. The van der Waals surface area contributed by atoms with Crippen molar-refractivity contribution in [1.82, 2.24) is 0 Å². The van der Waals surface area contributed by atoms with Crippen molar-refractivity contribution in [2.75, 3.05) is 13.2 Å². The maximum absolute atomic E-state index is 5.29. The molecule has 0 aliphatic carbocycles. The van der Waals surface area contributed by atoms with Gasteiger partial charge in [0.1, 0.15) is 6.61 Å². The van der Waals surface area contributed by atoms with E-state index < -0.39 is 0 Å². The first-order valence-corrected chi connectivity index (χ1v) is 3.69. The molecule has 0 fully saturated rings. The van der Waals surface area contributed by atoms with E-state index in [2.05, 4.69) is 4.99 Å². The van der Waals surface area contributed by atoms with E-state index in [1.807, 2.05) is 30.3 Å². The van der Waals surface area contributed by atoms with Gasteiger partial charge < -0.3 is 4.74 Å². The van der Waals surface area contributed by atoms with Gasteiger partial charge in [-0.1, -0.05) is 18.2 Å². The molecule has 1 aromatic rings. The zero-order valence-corrected chi connectivity index (χ0v) is 7.38. The Morgan fingerprint density at radius 2 is 1.92 bits per heavy atom. The highest BCUT2D eigenvalue weighted by atomic mass is 35.5. The van der Waals surface area contributed by atoms with E-state index in [1.165, 1.54) is 0 Å². The standard InChI is InChI=1S/C9H9NO.ClH/c1-2-4-8(5-3-1)9-10-6-7-11-9;/h1-5H,6-7H2;1H. The number of halogens is 1. The molecule has 1 heterocycles. The lowest BCUT2D eigenvalue weighted by atomic mass is 10.2. The van der Waals surface area contributed by atoms with Crippen molar-refractivity contribution in [2.24, 2.45) is 4.99 Å². The summed E-state index contributed by atoms with van der Waals surface area (Å²) in [5.41, 5.74) is 1.07. The number of benzene rings is 1. The van der Waals surface area contributed by atoms with Crippen molar-refractivity contribution in [1.29, 1.82) is 0 Å². The third-order valence-corrected chi connectivity index (χ3v) is 1.61. The van der Waals surface area contributed by atoms with Crippen LogP contribution in [0.4, 0.5) is 0 Å². The van der Waals surface area contributed by atoms with Crippen molar-refractivity contribution in [2.45, 2.75) is 0 Å². The van der Waals surface area contributed by atoms with Crippen LogP contribution < -0.4 is 0 Å². The van der Waals surface area contributed by atoms with Gasteiger partial charge in [0.15, 0.2) is 0 Å². The van der Waals surface area contributed by atoms with Crippen LogP contribution in [0.5, 0.6) is 0 Å². The van der Waals surface area contributed by atoms with Crippen LogP contribution in [0, 0.1) is 0 Å². The second kappa shape index (κ2) is 4.12. The van der Waals surface area contributed by atoms with Crippen molar-refractivity contribution >= 4 is 18.3 Å². The Balaban J connectivity index is 0.000000720. The first-order valence-electron chi connectivity index (χ1n) is 3.69. The molecule has 2 nitrogen and oxygen atoms in total. The van der Waals surface area contributed by atoms with E-state index in [0.717, 1.165) is 24.6 Å². The summed E-state index contributed by atoms with van der Waals surface area (Å²) >= 11 is 0. The minimum absolute atomic E-state index is 0. The molecule has 0 unspecified atom stereocenters. The predicted octanol–water partition coefficient (Wildman–Crippen LogP) is 1.89. The number of nitrogens with zero attached hydrogens (tertiary/aromatic N) is 1. The molecule has 0 N–H and O–H groups in total. The Hall–Kier alpha value is -1.02. The van der Waals surface area contributed by atoms with Crippen LogP contribution >= 0.6 is 12.4 Å². The van der Waals surface area contributed by atoms with E-state index in [9.17, 15) is 0 Å². The Morgan fingerprint density at radius 3 is 2.50 bits per heavy atom. The number of aliphatic imine (C=N–C) groups is 1. The highest BCUT2D eigenvalue weighted by molar-refractivity contribution is 5.94. The summed E-state index contributed by atoms with van der Waals surface area (Å²) in [5, 5.41) is 0. The van der Waals surface area contributed by atoms with Crippen LogP contribution in [0.3, 0.4) is 0 Å². The molecule has 0 aromatic heterocycles. The lowest BCUT2D eigenvalue weighted by Crippen LogP contribution is -1.99. The van der Waals surface area contributed by atoms with Crippen molar-refractivity contribution in [3.8, 4) is 0 Å². The van der Waals surface area contributed by atoms with Crippen LogP contribution in [0.2, 0.25) is 0 Å². The van der Waals surface area contributed by atoms with Gasteiger partial charge in [-0.25, -0.2) is 4.99 Å². The Kier molecular flexibility index (Phi) is 3.11. The van der Waals surface area contributed by atoms with Crippen molar-refractivity contribution < 1.29 is 4.74 Å². The van der Waals surface area contributed by atoms with Crippen molar-refractivity contribution in [3.05, 3.63) is 35.9 Å². The molecule has 1 aliphatic rings. The number of hydrogen-bond acceptors (Lipinski definition) is 2. The fourth-order valence-corrected chi connectivity index (χ4v) is 1.09. The molecule has 64 valence electrons. The molecule has 0 saturated carbocycles. The van der Waals surface area contributed by atoms with Gasteiger partial charge in [-0.2, -0.15) is 0 Å². The van der Waals surface area contributed by atoms with E-state index in [0.29, 0.717) is 0 Å². The lowest BCUT2D eigenvalue weighted by Gasteiger charge is -1.98. The van der Waals surface area contributed by atoms with Gasteiger partial charge in [0.2, 0.25) is 5.90 Å². The average molecular weight is 184 g/mol. The molecule has 2 rings (SSSR count). The first kappa shape index (κ1) is 9.07. The topological polar surface area (TPSA) is 21.6 Å². The molecule has 0 saturated heterocycles. The number of ether oxygens (including phenoxy) is 1. The second-order valence-corrected chi connectivity index (χ2v) is 2.40. The lowest BCUT2D eigenvalue weighted by molar-refractivity contribution is 0.348. The molecule has 12 heavy (non-hydrogen) atoms. The zero-order valence-electron chi connectivity index (χ0n) is 6.56. The van der Waals surface area contributed by atoms with Gasteiger partial charge in [0, 0.05) is 5.56 Å². The number of hydrogen-bond donors (Lipinski definition) is 0. The summed E-state index contributed by atoms with van der Waals surface area (Å²) in [5.74, 6) is 0.783. The minimum Gasteiger partial charge on any atom is -0.476 e. The van der Waals surface area contributed by atoms with Crippen molar-refractivity contribution in [3.63, 3.8) is 0 Å². The van der Waals surface area contributed by atoms with Gasteiger partial charge in [0.25, 0.3) is 0 Å². The first-order chi connectivity index (χ1) is 5.47. The van der Waals surface area contributed by atoms with Gasteiger partial charge >= 0.3 is 0 Å². The van der Waals surface area contributed by atoms with Crippen LogP contribution in [0.1, 0.15) is 5.56 Å². The Morgan fingerprint density at radius 1 is 1.17 bits per heavy atom. The SMILES string of the molecule is Cl.c1ccc(C2=NCCO2)cc1. The molecule has 0 spiro atoms. The summed E-state index contributed by atoms with van der Waals surface area (Å²) in [6.07, 6.45) is 0. The fourth-order valence-electron chi connectivity index (χ4n) is 1.09. The summed E-state index contributed by atoms with van der Waals surface area (Å²) in [4.78, 5) is 4.20. The maximum Gasteiger partial charge on any atom is 0.216 e. The van der Waals surface area contributed by atoms with Gasteiger partial charge in [-0.05, 0) is 12.1 Å². The van der Waals surface area contributed by atoms with E-state index >= 15 is 0 Å². The zero-order chi connectivity index (χ0) is 7.52. The molecule has 0 amide bonds. The quantitative estimate of drug-likeness (QED) is 0.652. The molecular weight excluding hydrogens is 174 g/mol. The summed E-state index contributed by atoms with van der Waals surface area (Å²) in [6.45, 7) is 1.52. The second-order valence-electron chi connectivity index (χ2n) is 2.40. The smallest absolute Gasteiger partial charge is 0.216 e. The molecule has 1 aliphatic heterocycles. The molecule has 0 bridgehead atoms. The third-order valence-electron chi connectivity index (χ3n) is 1.61. The van der Waals surface area contributed by atoms with Crippen LogP contribution in [-0.4, -0.2) is 19.0 Å². The normalized spacial score (nSPS) is 14.5. The monoisotopic (exact) mass is 183 g/mol. The molecule has 0 radical (unpaired) electrons. The van der Waals surface area contributed by atoms with Crippen LogP contribution in [0.25, 0.3) is 0 Å². The van der Waals surface area contributed by atoms with E-state index in [1.54, 1.807) is 0 Å². The molecular formula is C9H10ClNO. The Labute approximate surface area is 77.7 Å². The minimum atomic E-state index is 0. The van der Waals surface area contributed by atoms with E-state index in [-0.39, 0.29) is 12.4 Å². The van der Waals surface area contributed by atoms with Crippen LogP contribution in [0.15, 0.2) is 35.3 Å². The summed E-state index contributed by atoms with van der Waals surface area (Å²) < 4.78 is 5.29. The Bertz CT molecular complexity index is 271. The summed E-state index contributed by atoms with van der Waals surface area (Å²) in [6, 6.07) is 9.96. The third kappa shape index (κ3) is 1.77. The van der Waals surface area contributed by atoms with Gasteiger partial charge in [-0.3, -0.25) is 0 Å². The average Bonchev–Trinajstić information content (AvgIpc) is 2.58. The van der Waals surface area contributed by atoms with E-state index in [4.69, 9.17) is 4.74 Å². The molecule has 1 aromatic carbocycles.